The number of hydrogen-bond acceptors (Lipinski definition) is 5. The van der Waals surface area contributed by atoms with Gasteiger partial charge < -0.3 is 0 Å². The molecule has 6 nitrogen and oxygen atoms in total. The smallest absolute Gasteiger partial charge is 0.290 e. The van der Waals surface area contributed by atoms with Gasteiger partial charge in [0.25, 0.3) is 0 Å². The Labute approximate surface area is 88.8 Å². The van der Waals surface area contributed by atoms with Crippen molar-refractivity contribution >= 4 is 40.9 Å². The molecule has 3 amide bonds. The van der Waals surface area contributed by atoms with Crippen LogP contribution in [0.1, 0.15) is 6.42 Å². The van der Waals surface area contributed by atoms with Crippen molar-refractivity contribution in [1.29, 1.82) is 0 Å². The van der Waals surface area contributed by atoms with E-state index in [9.17, 15) is 9.59 Å². The van der Waals surface area contributed by atoms with Gasteiger partial charge >= 0.3 is 6.03 Å². The maximum atomic E-state index is 11.0. The highest BCUT2D eigenvalue weighted by molar-refractivity contribution is 7.03. The number of aromatic nitrogens is 2. The predicted molar refractivity (Wildman–Crippen MR) is 52.4 cm³/mol. The second-order valence-electron chi connectivity index (χ2n) is 2.23. The molecule has 0 aliphatic rings. The van der Waals surface area contributed by atoms with Crippen molar-refractivity contribution in [1.82, 2.24) is 14.9 Å². The van der Waals surface area contributed by atoms with Gasteiger partial charge in [0.2, 0.25) is 5.91 Å². The van der Waals surface area contributed by atoms with Crippen molar-refractivity contribution in [3.63, 3.8) is 0 Å². The third kappa shape index (κ3) is 3.67. The first-order valence-corrected chi connectivity index (χ1v) is 5.03. The van der Waals surface area contributed by atoms with Gasteiger partial charge in [0.1, 0.15) is 0 Å². The van der Waals surface area contributed by atoms with E-state index < -0.39 is 11.9 Å². The molecule has 0 atom stereocenters. The lowest BCUT2D eigenvalue weighted by molar-refractivity contribution is -0.119. The standard InChI is InChI=1S/C6H7ClN4O2S/c7-2-1-5(12)9-6(13)8-4-3-14-11-10-4/h3H,1-2H2,(H2,8,9,12,13). The Morgan fingerprint density at radius 2 is 2.36 bits per heavy atom. The van der Waals surface area contributed by atoms with Gasteiger partial charge in [0, 0.05) is 12.3 Å². The van der Waals surface area contributed by atoms with Gasteiger partial charge in [-0.1, -0.05) is 4.49 Å². The van der Waals surface area contributed by atoms with Crippen molar-refractivity contribution in [3.05, 3.63) is 5.38 Å². The van der Waals surface area contributed by atoms with Crippen LogP contribution in [0.4, 0.5) is 10.6 Å². The number of urea groups is 1. The first-order chi connectivity index (χ1) is 6.72. The SMILES string of the molecule is O=C(CCCl)NC(=O)Nc1csnn1. The van der Waals surface area contributed by atoms with Crippen LogP contribution in [0.25, 0.3) is 0 Å². The minimum Gasteiger partial charge on any atom is -0.290 e. The topological polar surface area (TPSA) is 84.0 Å². The molecule has 0 unspecified atom stereocenters. The molecule has 2 N–H and O–H groups in total. The Kier molecular flexibility index (Phi) is 4.27. The van der Waals surface area contributed by atoms with Crippen LogP contribution in [0.15, 0.2) is 5.38 Å². The van der Waals surface area contributed by atoms with E-state index in [-0.39, 0.29) is 12.3 Å². The maximum Gasteiger partial charge on any atom is 0.327 e. The van der Waals surface area contributed by atoms with Gasteiger partial charge in [-0.25, -0.2) is 4.79 Å². The molecule has 0 aromatic carbocycles. The molecule has 0 saturated carbocycles. The van der Waals surface area contributed by atoms with Gasteiger partial charge in [-0.15, -0.1) is 16.7 Å². The summed E-state index contributed by atoms with van der Waals surface area (Å²) in [5.41, 5.74) is 0. The van der Waals surface area contributed by atoms with Gasteiger partial charge in [-0.3, -0.25) is 15.4 Å². The summed E-state index contributed by atoms with van der Waals surface area (Å²) in [6.07, 6.45) is 0.101. The molecular formula is C6H7ClN4O2S. The molecule has 8 heteroatoms. The molecule has 1 aromatic rings. The molecule has 1 heterocycles. The maximum absolute atomic E-state index is 11.0. The number of amides is 3. The Hall–Kier alpha value is -1.21. The Morgan fingerprint density at radius 3 is 2.93 bits per heavy atom. The molecule has 1 aromatic heterocycles. The van der Waals surface area contributed by atoms with E-state index >= 15 is 0 Å². The highest BCUT2D eigenvalue weighted by Gasteiger charge is 2.07. The molecule has 0 spiro atoms. The molecule has 0 radical (unpaired) electrons. The van der Waals surface area contributed by atoms with Crippen LogP contribution >= 0.6 is 23.1 Å². The van der Waals surface area contributed by atoms with Crippen LogP contribution in [0.5, 0.6) is 0 Å². The van der Waals surface area contributed by atoms with E-state index in [0.717, 1.165) is 11.5 Å². The largest absolute Gasteiger partial charge is 0.327 e. The van der Waals surface area contributed by atoms with Crippen LogP contribution < -0.4 is 10.6 Å². The first-order valence-electron chi connectivity index (χ1n) is 3.66. The number of halogens is 1. The van der Waals surface area contributed by atoms with Crippen molar-refractivity contribution in [2.24, 2.45) is 0 Å². The first kappa shape index (κ1) is 10.9. The molecule has 0 aliphatic heterocycles. The highest BCUT2D eigenvalue weighted by atomic mass is 35.5. The number of alkyl halides is 1. The monoisotopic (exact) mass is 234 g/mol. The van der Waals surface area contributed by atoms with E-state index in [1.54, 1.807) is 5.38 Å². The molecular weight excluding hydrogens is 228 g/mol. The lowest BCUT2D eigenvalue weighted by Crippen LogP contribution is -2.34. The molecule has 76 valence electrons. The number of hydrogen-bond donors (Lipinski definition) is 2. The summed E-state index contributed by atoms with van der Waals surface area (Å²) in [6, 6.07) is -0.632. The third-order valence-electron chi connectivity index (χ3n) is 1.18. The molecule has 0 aliphatic carbocycles. The lowest BCUT2D eigenvalue weighted by Gasteiger charge is -2.01. The Balaban J connectivity index is 2.33. The number of carbonyl (C=O) groups is 2. The normalized spacial score (nSPS) is 9.50. The van der Waals surface area contributed by atoms with Crippen LogP contribution in [0.3, 0.4) is 0 Å². The highest BCUT2D eigenvalue weighted by Crippen LogP contribution is 2.02. The minimum atomic E-state index is -0.632. The Morgan fingerprint density at radius 1 is 1.57 bits per heavy atom. The van der Waals surface area contributed by atoms with Crippen LogP contribution in [0, 0.1) is 0 Å². The molecule has 0 saturated heterocycles. The van der Waals surface area contributed by atoms with Gasteiger partial charge in [0.05, 0.1) is 5.38 Å². The number of carbonyl (C=O) groups excluding carboxylic acids is 2. The van der Waals surface area contributed by atoms with E-state index in [4.69, 9.17) is 11.6 Å². The van der Waals surface area contributed by atoms with Crippen LogP contribution in [-0.4, -0.2) is 27.4 Å². The summed E-state index contributed by atoms with van der Waals surface area (Å²) >= 11 is 6.41. The van der Waals surface area contributed by atoms with E-state index in [1.165, 1.54) is 0 Å². The third-order valence-corrected chi connectivity index (χ3v) is 1.87. The number of rotatable bonds is 3. The minimum absolute atomic E-state index is 0.101. The van der Waals surface area contributed by atoms with Gasteiger partial charge in [0.15, 0.2) is 5.82 Å². The van der Waals surface area contributed by atoms with E-state index in [2.05, 4.69) is 20.2 Å². The van der Waals surface area contributed by atoms with Crippen LogP contribution in [0.2, 0.25) is 0 Å². The molecule has 1 rings (SSSR count). The fourth-order valence-corrected chi connectivity index (χ4v) is 1.20. The number of nitrogens with zero attached hydrogens (tertiary/aromatic N) is 2. The summed E-state index contributed by atoms with van der Waals surface area (Å²) in [5, 5.41) is 9.53. The number of anilines is 1. The van der Waals surface area contributed by atoms with Crippen molar-refractivity contribution in [2.45, 2.75) is 6.42 Å². The molecule has 0 fully saturated rings. The van der Waals surface area contributed by atoms with E-state index in [0.29, 0.717) is 5.82 Å². The molecule has 0 bridgehead atoms. The zero-order valence-electron chi connectivity index (χ0n) is 6.99. The summed E-state index contributed by atoms with van der Waals surface area (Å²) in [7, 11) is 0. The van der Waals surface area contributed by atoms with Crippen molar-refractivity contribution < 1.29 is 9.59 Å². The van der Waals surface area contributed by atoms with Crippen molar-refractivity contribution in [2.75, 3.05) is 11.2 Å². The fourth-order valence-electron chi connectivity index (χ4n) is 0.642. The second kappa shape index (κ2) is 5.51. The summed E-state index contributed by atoms with van der Waals surface area (Å²) < 4.78 is 3.53. The average molecular weight is 235 g/mol. The van der Waals surface area contributed by atoms with Crippen LogP contribution in [-0.2, 0) is 4.79 Å². The summed E-state index contributed by atoms with van der Waals surface area (Å²) in [6.45, 7) is 0. The second-order valence-corrected chi connectivity index (χ2v) is 3.22. The molecule has 14 heavy (non-hydrogen) atoms. The Bertz CT molecular complexity index is 316. The number of imide groups is 1. The van der Waals surface area contributed by atoms with Gasteiger partial charge in [-0.2, -0.15) is 0 Å². The summed E-state index contributed by atoms with van der Waals surface area (Å²) in [5.74, 6) is 0.0593. The summed E-state index contributed by atoms with van der Waals surface area (Å²) in [4.78, 5) is 21.9. The zero-order chi connectivity index (χ0) is 10.4. The van der Waals surface area contributed by atoms with Gasteiger partial charge in [-0.05, 0) is 11.5 Å². The average Bonchev–Trinajstić information content (AvgIpc) is 2.56. The van der Waals surface area contributed by atoms with E-state index in [1.807, 2.05) is 0 Å². The number of nitrogens with one attached hydrogen (secondary N) is 2. The lowest BCUT2D eigenvalue weighted by atomic mass is 10.4. The fraction of sp³-hybridized carbons (Fsp3) is 0.333. The van der Waals surface area contributed by atoms with Crippen molar-refractivity contribution in [3.8, 4) is 0 Å². The quantitative estimate of drug-likeness (QED) is 0.759. The zero-order valence-corrected chi connectivity index (χ0v) is 8.56. The predicted octanol–water partition coefficient (Wildman–Crippen LogP) is 0.815.